The van der Waals surface area contributed by atoms with Crippen molar-refractivity contribution in [3.8, 4) is 0 Å². The molecule has 20 heavy (non-hydrogen) atoms. The summed E-state index contributed by atoms with van der Waals surface area (Å²) < 4.78 is 0. The SMILES string of the molecule is Cc1cccc(C(N)CCN2CCN3CCCC3C2)c1. The second kappa shape index (κ2) is 6.25. The Morgan fingerprint density at radius 2 is 2.20 bits per heavy atom. The molecule has 0 radical (unpaired) electrons. The zero-order valence-corrected chi connectivity index (χ0v) is 12.6. The largest absolute Gasteiger partial charge is 0.324 e. The van der Waals surface area contributed by atoms with Crippen LogP contribution in [0.15, 0.2) is 24.3 Å². The molecule has 2 unspecified atom stereocenters. The molecule has 110 valence electrons. The van der Waals surface area contributed by atoms with Crippen LogP contribution in [0.5, 0.6) is 0 Å². The van der Waals surface area contributed by atoms with E-state index in [0.29, 0.717) is 0 Å². The Labute approximate surface area is 122 Å². The first-order valence-electron chi connectivity index (χ1n) is 8.01. The molecule has 2 heterocycles. The van der Waals surface area contributed by atoms with E-state index in [-0.39, 0.29) is 6.04 Å². The lowest BCUT2D eigenvalue weighted by molar-refractivity contribution is 0.102. The minimum atomic E-state index is 0.177. The van der Waals surface area contributed by atoms with Crippen LogP contribution >= 0.6 is 0 Å². The fourth-order valence-electron chi connectivity index (χ4n) is 3.65. The number of piperazine rings is 1. The molecule has 1 aromatic rings. The van der Waals surface area contributed by atoms with Gasteiger partial charge >= 0.3 is 0 Å². The normalized spacial score (nSPS) is 25.6. The van der Waals surface area contributed by atoms with E-state index in [2.05, 4.69) is 41.0 Å². The van der Waals surface area contributed by atoms with Crippen LogP contribution < -0.4 is 5.73 Å². The summed E-state index contributed by atoms with van der Waals surface area (Å²) >= 11 is 0. The van der Waals surface area contributed by atoms with Crippen LogP contribution in [-0.2, 0) is 0 Å². The summed E-state index contributed by atoms with van der Waals surface area (Å²) in [6.45, 7) is 8.32. The standard InChI is InChI=1S/C17H27N3/c1-14-4-2-5-15(12-14)17(18)7-9-19-10-11-20-8-3-6-16(20)13-19/h2,4-5,12,16-17H,3,6-11,13,18H2,1H3. The van der Waals surface area contributed by atoms with Crippen molar-refractivity contribution in [2.24, 2.45) is 5.73 Å². The van der Waals surface area contributed by atoms with E-state index in [1.807, 2.05) is 0 Å². The van der Waals surface area contributed by atoms with Gasteiger partial charge in [0.25, 0.3) is 0 Å². The predicted octanol–water partition coefficient (Wildman–Crippen LogP) is 2.16. The predicted molar refractivity (Wildman–Crippen MR) is 83.8 cm³/mol. The summed E-state index contributed by atoms with van der Waals surface area (Å²) in [5, 5.41) is 0. The number of rotatable bonds is 4. The van der Waals surface area contributed by atoms with E-state index in [4.69, 9.17) is 5.73 Å². The number of hydrogen-bond acceptors (Lipinski definition) is 3. The quantitative estimate of drug-likeness (QED) is 0.912. The smallest absolute Gasteiger partial charge is 0.0307 e. The van der Waals surface area contributed by atoms with Crippen molar-refractivity contribution in [2.75, 3.05) is 32.7 Å². The van der Waals surface area contributed by atoms with E-state index in [1.165, 1.54) is 50.1 Å². The highest BCUT2D eigenvalue weighted by Crippen LogP contribution is 2.22. The number of benzene rings is 1. The fourth-order valence-corrected chi connectivity index (χ4v) is 3.65. The van der Waals surface area contributed by atoms with Gasteiger partial charge in [-0.05, 0) is 38.3 Å². The van der Waals surface area contributed by atoms with Gasteiger partial charge in [0, 0.05) is 38.3 Å². The lowest BCUT2D eigenvalue weighted by Gasteiger charge is -2.37. The molecule has 2 fully saturated rings. The first kappa shape index (κ1) is 14.1. The summed E-state index contributed by atoms with van der Waals surface area (Å²) in [7, 11) is 0. The number of fused-ring (bicyclic) bond motifs is 1. The van der Waals surface area contributed by atoms with Gasteiger partial charge < -0.3 is 10.6 Å². The van der Waals surface area contributed by atoms with Gasteiger partial charge in [0.1, 0.15) is 0 Å². The monoisotopic (exact) mass is 273 g/mol. The Hall–Kier alpha value is -0.900. The first-order valence-corrected chi connectivity index (χ1v) is 8.01. The molecule has 2 aliphatic rings. The van der Waals surface area contributed by atoms with Crippen LogP contribution in [0.1, 0.15) is 36.4 Å². The van der Waals surface area contributed by atoms with Crippen molar-refractivity contribution < 1.29 is 0 Å². The molecule has 0 saturated carbocycles. The molecule has 2 atom stereocenters. The van der Waals surface area contributed by atoms with Crippen molar-refractivity contribution >= 4 is 0 Å². The summed E-state index contributed by atoms with van der Waals surface area (Å²) in [4.78, 5) is 5.28. The number of nitrogens with two attached hydrogens (primary N) is 1. The molecular formula is C17H27N3. The average Bonchev–Trinajstić information content (AvgIpc) is 2.92. The molecule has 1 aromatic carbocycles. The average molecular weight is 273 g/mol. The Morgan fingerprint density at radius 3 is 3.05 bits per heavy atom. The lowest BCUT2D eigenvalue weighted by atomic mass is 10.0. The highest BCUT2D eigenvalue weighted by atomic mass is 15.3. The fraction of sp³-hybridized carbons (Fsp3) is 0.647. The zero-order chi connectivity index (χ0) is 13.9. The van der Waals surface area contributed by atoms with Gasteiger partial charge in [-0.2, -0.15) is 0 Å². The summed E-state index contributed by atoms with van der Waals surface area (Å²) in [6, 6.07) is 9.62. The maximum absolute atomic E-state index is 6.35. The van der Waals surface area contributed by atoms with Crippen molar-refractivity contribution in [1.82, 2.24) is 9.80 Å². The van der Waals surface area contributed by atoms with Gasteiger partial charge in [0.05, 0.1) is 0 Å². The van der Waals surface area contributed by atoms with Gasteiger partial charge in [-0.15, -0.1) is 0 Å². The number of aryl methyl sites for hydroxylation is 1. The zero-order valence-electron chi connectivity index (χ0n) is 12.6. The molecule has 2 saturated heterocycles. The molecule has 0 aliphatic carbocycles. The van der Waals surface area contributed by atoms with Crippen LogP contribution in [0.4, 0.5) is 0 Å². The van der Waals surface area contributed by atoms with Crippen LogP contribution in [0.3, 0.4) is 0 Å². The van der Waals surface area contributed by atoms with E-state index in [9.17, 15) is 0 Å². The van der Waals surface area contributed by atoms with Gasteiger partial charge in [0.2, 0.25) is 0 Å². The molecular weight excluding hydrogens is 246 g/mol. The molecule has 3 nitrogen and oxygen atoms in total. The molecule has 3 rings (SSSR count). The van der Waals surface area contributed by atoms with E-state index in [1.54, 1.807) is 0 Å². The third-order valence-electron chi connectivity index (χ3n) is 4.90. The van der Waals surface area contributed by atoms with Gasteiger partial charge in [-0.25, -0.2) is 0 Å². The maximum Gasteiger partial charge on any atom is 0.0307 e. The molecule has 3 heteroatoms. The van der Waals surface area contributed by atoms with Crippen molar-refractivity contribution in [3.05, 3.63) is 35.4 Å². The number of hydrogen-bond donors (Lipinski definition) is 1. The van der Waals surface area contributed by atoms with Gasteiger partial charge in [-0.1, -0.05) is 29.8 Å². The Morgan fingerprint density at radius 1 is 1.30 bits per heavy atom. The third-order valence-corrected chi connectivity index (χ3v) is 4.90. The first-order chi connectivity index (χ1) is 9.72. The second-order valence-corrected chi connectivity index (χ2v) is 6.44. The molecule has 2 aliphatic heterocycles. The van der Waals surface area contributed by atoms with Crippen LogP contribution in [0.25, 0.3) is 0 Å². The number of nitrogens with zero attached hydrogens (tertiary/aromatic N) is 2. The topological polar surface area (TPSA) is 32.5 Å². The summed E-state index contributed by atoms with van der Waals surface area (Å²) in [6.07, 6.45) is 3.85. The Bertz CT molecular complexity index is 446. The minimum Gasteiger partial charge on any atom is -0.324 e. The lowest BCUT2D eigenvalue weighted by Crippen LogP contribution is -2.50. The van der Waals surface area contributed by atoms with Crippen molar-refractivity contribution in [3.63, 3.8) is 0 Å². The molecule has 2 N–H and O–H groups in total. The van der Waals surface area contributed by atoms with E-state index < -0.39 is 0 Å². The summed E-state index contributed by atoms with van der Waals surface area (Å²) in [5.74, 6) is 0. The highest BCUT2D eigenvalue weighted by molar-refractivity contribution is 5.24. The van der Waals surface area contributed by atoms with Gasteiger partial charge in [0.15, 0.2) is 0 Å². The van der Waals surface area contributed by atoms with Gasteiger partial charge in [-0.3, -0.25) is 4.90 Å². The van der Waals surface area contributed by atoms with Crippen molar-refractivity contribution in [1.29, 1.82) is 0 Å². The third kappa shape index (κ3) is 3.22. The molecule has 0 amide bonds. The van der Waals surface area contributed by atoms with E-state index >= 15 is 0 Å². The second-order valence-electron chi connectivity index (χ2n) is 6.44. The van der Waals surface area contributed by atoms with Crippen molar-refractivity contribution in [2.45, 2.75) is 38.3 Å². The Kier molecular flexibility index (Phi) is 4.39. The van der Waals surface area contributed by atoms with Crippen LogP contribution in [-0.4, -0.2) is 48.6 Å². The highest BCUT2D eigenvalue weighted by Gasteiger charge is 2.30. The van der Waals surface area contributed by atoms with Crippen LogP contribution in [0.2, 0.25) is 0 Å². The maximum atomic E-state index is 6.35. The van der Waals surface area contributed by atoms with E-state index in [0.717, 1.165) is 19.0 Å². The molecule has 0 spiro atoms. The summed E-state index contributed by atoms with van der Waals surface area (Å²) in [5.41, 5.74) is 8.94. The Balaban J connectivity index is 1.49. The minimum absolute atomic E-state index is 0.177. The van der Waals surface area contributed by atoms with Crippen LogP contribution in [0, 0.1) is 6.92 Å². The molecule has 0 bridgehead atoms. The molecule has 0 aromatic heterocycles.